The van der Waals surface area contributed by atoms with Crippen molar-refractivity contribution in [2.75, 3.05) is 5.75 Å². The second kappa shape index (κ2) is 6.89. The Hall–Kier alpha value is -1.71. The average molecular weight is 383 g/mol. The number of sulfonamides is 1. The van der Waals surface area contributed by atoms with E-state index in [-0.39, 0.29) is 22.1 Å². The van der Waals surface area contributed by atoms with E-state index in [1.807, 2.05) is 6.20 Å². The van der Waals surface area contributed by atoms with Gasteiger partial charge < -0.3 is 4.57 Å². The fourth-order valence-corrected chi connectivity index (χ4v) is 4.68. The van der Waals surface area contributed by atoms with Crippen molar-refractivity contribution in [2.45, 2.75) is 49.1 Å². The molecular formula is C16H21N3O4S2. The first-order valence-electron chi connectivity index (χ1n) is 8.19. The topological polar surface area (TPSA) is 98.1 Å². The zero-order valence-corrected chi connectivity index (χ0v) is 15.6. The molecule has 7 nitrogen and oxygen atoms in total. The van der Waals surface area contributed by atoms with Crippen LogP contribution in [0.25, 0.3) is 0 Å². The van der Waals surface area contributed by atoms with E-state index in [1.54, 1.807) is 6.92 Å². The average Bonchev–Trinajstić information content (AvgIpc) is 3.03. The van der Waals surface area contributed by atoms with Crippen molar-refractivity contribution >= 4 is 19.9 Å². The summed E-state index contributed by atoms with van der Waals surface area (Å²) in [5.74, 6) is 0.970. The summed E-state index contributed by atoms with van der Waals surface area (Å²) in [6.07, 6.45) is 5.02. The molecule has 2 heterocycles. The lowest BCUT2D eigenvalue weighted by atomic mass is 10.2. The summed E-state index contributed by atoms with van der Waals surface area (Å²) in [6.45, 7) is 2.58. The second-order valence-electron chi connectivity index (χ2n) is 6.00. The molecular weight excluding hydrogens is 362 g/mol. The largest absolute Gasteiger partial charge is 0.335 e. The highest BCUT2D eigenvalue weighted by atomic mass is 32.2. The van der Waals surface area contributed by atoms with Crippen LogP contribution in [0.5, 0.6) is 0 Å². The number of aryl methyl sites for hydroxylation is 2. The third-order valence-corrected chi connectivity index (χ3v) is 7.44. The van der Waals surface area contributed by atoms with Crippen molar-refractivity contribution in [3.05, 3.63) is 42.0 Å². The summed E-state index contributed by atoms with van der Waals surface area (Å²) in [5.41, 5.74) is 0.686. The van der Waals surface area contributed by atoms with Crippen molar-refractivity contribution < 1.29 is 16.8 Å². The molecule has 0 aliphatic carbocycles. The van der Waals surface area contributed by atoms with Gasteiger partial charge in [0.2, 0.25) is 10.0 Å². The molecule has 136 valence electrons. The predicted molar refractivity (Wildman–Crippen MR) is 93.4 cm³/mol. The van der Waals surface area contributed by atoms with Gasteiger partial charge in [-0.25, -0.2) is 26.5 Å². The second-order valence-corrected chi connectivity index (χ2v) is 10.0. The maximum Gasteiger partial charge on any atom is 0.240 e. The van der Waals surface area contributed by atoms with Gasteiger partial charge in [-0.2, -0.15) is 0 Å². The van der Waals surface area contributed by atoms with Gasteiger partial charge in [-0.1, -0.05) is 6.92 Å². The number of sulfone groups is 1. The lowest BCUT2D eigenvalue weighted by molar-refractivity contribution is 0.522. The van der Waals surface area contributed by atoms with Crippen LogP contribution in [0.2, 0.25) is 0 Å². The Morgan fingerprint density at radius 2 is 1.76 bits per heavy atom. The molecule has 25 heavy (non-hydrogen) atoms. The minimum Gasteiger partial charge on any atom is -0.335 e. The first-order valence-corrected chi connectivity index (χ1v) is 11.3. The van der Waals surface area contributed by atoms with Crippen molar-refractivity contribution in [3.8, 4) is 0 Å². The molecule has 1 aliphatic heterocycles. The summed E-state index contributed by atoms with van der Waals surface area (Å²) in [6, 6.07) is 5.26. The molecule has 9 heteroatoms. The standard InChI is InChI=1S/C16H21N3O4S2/c1-2-24(20,21)14-6-8-15(9-7-14)25(22,23)17-11-13-12-19-10-4-3-5-16(19)18-13/h6-9,12,17H,2-5,10-11H2,1H3. The van der Waals surface area contributed by atoms with Crippen LogP contribution in [-0.4, -0.2) is 32.1 Å². The van der Waals surface area contributed by atoms with Gasteiger partial charge in [0.25, 0.3) is 0 Å². The van der Waals surface area contributed by atoms with E-state index >= 15 is 0 Å². The molecule has 1 aromatic heterocycles. The molecule has 0 radical (unpaired) electrons. The van der Waals surface area contributed by atoms with Gasteiger partial charge in [0.05, 0.1) is 27.8 Å². The maximum atomic E-state index is 12.4. The lowest BCUT2D eigenvalue weighted by Crippen LogP contribution is -2.23. The summed E-state index contributed by atoms with van der Waals surface area (Å²) in [7, 11) is -7.07. The number of fused-ring (bicyclic) bond motifs is 1. The summed E-state index contributed by atoms with van der Waals surface area (Å²) in [4.78, 5) is 4.62. The molecule has 2 aromatic rings. The number of rotatable bonds is 6. The van der Waals surface area contributed by atoms with Crippen LogP contribution in [0.4, 0.5) is 0 Å². The third kappa shape index (κ3) is 3.94. The van der Waals surface area contributed by atoms with E-state index in [2.05, 4.69) is 14.3 Å². The van der Waals surface area contributed by atoms with Crippen LogP contribution in [0.15, 0.2) is 40.3 Å². The number of hydrogen-bond acceptors (Lipinski definition) is 5. The van der Waals surface area contributed by atoms with E-state index in [0.29, 0.717) is 5.69 Å². The van der Waals surface area contributed by atoms with Gasteiger partial charge in [0.1, 0.15) is 5.82 Å². The fraction of sp³-hybridized carbons (Fsp3) is 0.438. The first kappa shape index (κ1) is 18.1. The Bertz CT molecular complexity index is 938. The highest BCUT2D eigenvalue weighted by Gasteiger charge is 2.18. The Morgan fingerprint density at radius 3 is 2.40 bits per heavy atom. The Balaban J connectivity index is 1.72. The Kier molecular flexibility index (Phi) is 4.99. The molecule has 0 atom stereocenters. The van der Waals surface area contributed by atoms with Crippen LogP contribution < -0.4 is 4.72 Å². The molecule has 1 aliphatic rings. The van der Waals surface area contributed by atoms with Crippen LogP contribution in [0.3, 0.4) is 0 Å². The molecule has 0 unspecified atom stereocenters. The SMILES string of the molecule is CCS(=O)(=O)c1ccc(S(=O)(=O)NCc2cn3c(n2)CCCC3)cc1. The van der Waals surface area contributed by atoms with Crippen LogP contribution >= 0.6 is 0 Å². The molecule has 1 N–H and O–H groups in total. The van der Waals surface area contributed by atoms with E-state index in [4.69, 9.17) is 0 Å². The quantitative estimate of drug-likeness (QED) is 0.815. The van der Waals surface area contributed by atoms with E-state index in [9.17, 15) is 16.8 Å². The normalized spacial score (nSPS) is 15.1. The zero-order chi connectivity index (χ0) is 18.1. The summed E-state index contributed by atoms with van der Waals surface area (Å²) < 4.78 is 52.9. The van der Waals surface area contributed by atoms with Crippen LogP contribution in [0.1, 0.15) is 31.3 Å². The third-order valence-electron chi connectivity index (χ3n) is 4.27. The predicted octanol–water partition coefficient (Wildman–Crippen LogP) is 1.49. The monoisotopic (exact) mass is 383 g/mol. The van der Waals surface area contributed by atoms with Gasteiger partial charge in [0, 0.05) is 19.2 Å². The summed E-state index contributed by atoms with van der Waals surface area (Å²) in [5, 5.41) is 0. The van der Waals surface area contributed by atoms with Gasteiger partial charge in [-0.15, -0.1) is 0 Å². The molecule has 1 aromatic carbocycles. The van der Waals surface area contributed by atoms with Crippen molar-refractivity contribution in [1.29, 1.82) is 0 Å². The van der Waals surface area contributed by atoms with Gasteiger partial charge in [-0.05, 0) is 37.1 Å². The van der Waals surface area contributed by atoms with Gasteiger partial charge in [0.15, 0.2) is 9.84 Å². The van der Waals surface area contributed by atoms with Crippen LogP contribution in [0, 0.1) is 0 Å². The maximum absolute atomic E-state index is 12.4. The fourth-order valence-electron chi connectivity index (χ4n) is 2.80. The van der Waals surface area contributed by atoms with Crippen LogP contribution in [-0.2, 0) is 39.4 Å². The van der Waals surface area contributed by atoms with Crippen molar-refractivity contribution in [3.63, 3.8) is 0 Å². The molecule has 0 bridgehead atoms. The molecule has 0 amide bonds. The number of hydrogen-bond donors (Lipinski definition) is 1. The Labute approximate surface area is 148 Å². The lowest BCUT2D eigenvalue weighted by Gasteiger charge is -2.11. The number of aromatic nitrogens is 2. The Morgan fingerprint density at radius 1 is 1.08 bits per heavy atom. The number of nitrogens with zero attached hydrogens (tertiary/aromatic N) is 2. The highest BCUT2D eigenvalue weighted by Crippen LogP contribution is 2.17. The smallest absolute Gasteiger partial charge is 0.240 e. The van der Waals surface area contributed by atoms with Crippen molar-refractivity contribution in [1.82, 2.24) is 14.3 Å². The molecule has 0 saturated carbocycles. The number of benzene rings is 1. The van der Waals surface area contributed by atoms with E-state index in [0.717, 1.165) is 31.6 Å². The first-order chi connectivity index (χ1) is 11.8. The minimum absolute atomic E-state index is 0.0255. The molecule has 0 spiro atoms. The molecule has 0 saturated heterocycles. The minimum atomic E-state index is -3.72. The number of nitrogens with one attached hydrogen (secondary N) is 1. The summed E-state index contributed by atoms with van der Waals surface area (Å²) >= 11 is 0. The molecule has 3 rings (SSSR count). The van der Waals surface area contributed by atoms with Crippen molar-refractivity contribution in [2.24, 2.45) is 0 Å². The number of imidazole rings is 1. The van der Waals surface area contributed by atoms with Gasteiger partial charge >= 0.3 is 0 Å². The van der Waals surface area contributed by atoms with E-state index in [1.165, 1.54) is 24.3 Å². The van der Waals surface area contributed by atoms with Gasteiger partial charge in [-0.3, -0.25) is 0 Å². The highest BCUT2D eigenvalue weighted by molar-refractivity contribution is 7.91. The zero-order valence-electron chi connectivity index (χ0n) is 14.0. The molecule has 0 fully saturated rings. The van der Waals surface area contributed by atoms with E-state index < -0.39 is 19.9 Å².